The molecule has 0 saturated carbocycles. The highest BCUT2D eigenvalue weighted by atomic mass is 127. The van der Waals surface area contributed by atoms with Crippen molar-refractivity contribution in [1.29, 1.82) is 0 Å². The highest BCUT2D eigenvalue weighted by Crippen LogP contribution is 2.35. The van der Waals surface area contributed by atoms with Crippen LogP contribution >= 0.6 is 24.0 Å². The summed E-state index contributed by atoms with van der Waals surface area (Å²) in [7, 11) is 1.81. The molecule has 29 heavy (non-hydrogen) atoms. The Morgan fingerprint density at radius 1 is 1.03 bits per heavy atom. The molecule has 1 saturated heterocycles. The van der Waals surface area contributed by atoms with E-state index in [2.05, 4.69) is 64.2 Å². The van der Waals surface area contributed by atoms with Gasteiger partial charge in [0, 0.05) is 38.8 Å². The summed E-state index contributed by atoms with van der Waals surface area (Å²) in [6.07, 6.45) is 1.98. The van der Waals surface area contributed by atoms with Crippen LogP contribution in [0.25, 0.3) is 0 Å². The molecule has 0 spiro atoms. The SMILES string of the molecule is CCOc1ccc(C2(CNC(=NC)NCc3ccccc3)CCOCC2)cc1.I. The van der Waals surface area contributed by atoms with Gasteiger partial charge in [-0.25, -0.2) is 0 Å². The van der Waals surface area contributed by atoms with E-state index in [1.165, 1.54) is 11.1 Å². The van der Waals surface area contributed by atoms with Gasteiger partial charge in [-0.05, 0) is 43.0 Å². The fourth-order valence-corrected chi connectivity index (χ4v) is 3.66. The van der Waals surface area contributed by atoms with Crippen LogP contribution in [-0.4, -0.2) is 39.4 Å². The molecule has 2 N–H and O–H groups in total. The van der Waals surface area contributed by atoms with Crippen LogP contribution in [0, 0.1) is 0 Å². The Bertz CT molecular complexity index is 744. The first-order chi connectivity index (χ1) is 13.8. The molecule has 2 aromatic carbocycles. The van der Waals surface area contributed by atoms with E-state index in [1.54, 1.807) is 0 Å². The Morgan fingerprint density at radius 3 is 2.34 bits per heavy atom. The second-order valence-electron chi connectivity index (χ2n) is 7.12. The Labute approximate surface area is 191 Å². The largest absolute Gasteiger partial charge is 0.494 e. The van der Waals surface area contributed by atoms with Crippen molar-refractivity contribution in [3.63, 3.8) is 0 Å². The summed E-state index contributed by atoms with van der Waals surface area (Å²) < 4.78 is 11.2. The standard InChI is InChI=1S/C23H31N3O2.HI/c1-3-28-21-11-9-20(10-12-21)23(13-15-27-16-14-23)18-26-22(24-2)25-17-19-7-5-4-6-8-19;/h4-12H,3,13-18H2,1-2H3,(H2,24,25,26);1H. The lowest BCUT2D eigenvalue weighted by Crippen LogP contribution is -2.47. The lowest BCUT2D eigenvalue weighted by molar-refractivity contribution is 0.0513. The molecule has 2 aromatic rings. The highest BCUT2D eigenvalue weighted by Gasteiger charge is 2.34. The van der Waals surface area contributed by atoms with Crippen molar-refractivity contribution in [3.05, 3.63) is 65.7 Å². The number of guanidine groups is 1. The molecular weight excluding hydrogens is 477 g/mol. The van der Waals surface area contributed by atoms with Crippen LogP contribution in [0.15, 0.2) is 59.6 Å². The van der Waals surface area contributed by atoms with E-state index in [9.17, 15) is 0 Å². The molecule has 1 aliphatic rings. The third kappa shape index (κ3) is 6.60. The lowest BCUT2D eigenvalue weighted by Gasteiger charge is -2.38. The minimum Gasteiger partial charge on any atom is -0.494 e. The zero-order valence-electron chi connectivity index (χ0n) is 17.3. The monoisotopic (exact) mass is 509 g/mol. The first-order valence-corrected chi connectivity index (χ1v) is 10.1. The molecule has 5 nitrogen and oxygen atoms in total. The number of nitrogens with one attached hydrogen (secondary N) is 2. The number of benzene rings is 2. The maximum Gasteiger partial charge on any atom is 0.191 e. The van der Waals surface area contributed by atoms with Crippen molar-refractivity contribution in [1.82, 2.24) is 10.6 Å². The Balaban J connectivity index is 0.00000300. The number of ether oxygens (including phenoxy) is 2. The fourth-order valence-electron chi connectivity index (χ4n) is 3.66. The van der Waals surface area contributed by atoms with E-state index in [0.717, 1.165) is 50.9 Å². The molecular formula is C23H32IN3O2. The topological polar surface area (TPSA) is 54.9 Å². The van der Waals surface area contributed by atoms with Crippen LogP contribution < -0.4 is 15.4 Å². The summed E-state index contributed by atoms with van der Waals surface area (Å²) in [6, 6.07) is 18.9. The van der Waals surface area contributed by atoms with Crippen LogP contribution in [0.3, 0.4) is 0 Å². The van der Waals surface area contributed by atoms with Crippen LogP contribution in [0.5, 0.6) is 5.75 Å². The summed E-state index contributed by atoms with van der Waals surface area (Å²) >= 11 is 0. The highest BCUT2D eigenvalue weighted by molar-refractivity contribution is 14.0. The normalized spacial score (nSPS) is 15.9. The van der Waals surface area contributed by atoms with E-state index in [4.69, 9.17) is 9.47 Å². The van der Waals surface area contributed by atoms with Crippen molar-refractivity contribution in [3.8, 4) is 5.75 Å². The van der Waals surface area contributed by atoms with Crippen molar-refractivity contribution >= 4 is 29.9 Å². The Morgan fingerprint density at radius 2 is 1.72 bits per heavy atom. The summed E-state index contributed by atoms with van der Waals surface area (Å²) in [5, 5.41) is 6.95. The van der Waals surface area contributed by atoms with Gasteiger partial charge in [-0.1, -0.05) is 42.5 Å². The van der Waals surface area contributed by atoms with Gasteiger partial charge in [-0.2, -0.15) is 0 Å². The van der Waals surface area contributed by atoms with E-state index in [1.807, 2.05) is 20.0 Å². The number of halogens is 1. The van der Waals surface area contributed by atoms with Gasteiger partial charge in [0.1, 0.15) is 5.75 Å². The van der Waals surface area contributed by atoms with E-state index >= 15 is 0 Å². The predicted molar refractivity (Wildman–Crippen MR) is 129 cm³/mol. The molecule has 0 aromatic heterocycles. The molecule has 0 bridgehead atoms. The van der Waals surface area contributed by atoms with Crippen molar-refractivity contribution < 1.29 is 9.47 Å². The zero-order chi connectivity index (χ0) is 19.7. The minimum absolute atomic E-state index is 0. The summed E-state index contributed by atoms with van der Waals surface area (Å²) in [5.41, 5.74) is 2.59. The van der Waals surface area contributed by atoms with Gasteiger partial charge in [0.05, 0.1) is 6.61 Å². The van der Waals surface area contributed by atoms with Crippen molar-refractivity contribution in [2.45, 2.75) is 31.7 Å². The van der Waals surface area contributed by atoms with Gasteiger partial charge >= 0.3 is 0 Å². The predicted octanol–water partition coefficient (Wildman–Crippen LogP) is 4.12. The zero-order valence-corrected chi connectivity index (χ0v) is 19.6. The summed E-state index contributed by atoms with van der Waals surface area (Å²) in [6.45, 7) is 5.82. The van der Waals surface area contributed by atoms with Crippen LogP contribution in [0.2, 0.25) is 0 Å². The maximum atomic E-state index is 5.65. The van der Waals surface area contributed by atoms with Crippen LogP contribution in [0.4, 0.5) is 0 Å². The molecule has 3 rings (SSSR count). The van der Waals surface area contributed by atoms with Crippen LogP contribution in [-0.2, 0) is 16.7 Å². The second-order valence-corrected chi connectivity index (χ2v) is 7.12. The second kappa shape index (κ2) is 12.0. The molecule has 0 unspecified atom stereocenters. The summed E-state index contributed by atoms with van der Waals surface area (Å²) in [5.74, 6) is 1.74. The third-order valence-corrected chi connectivity index (χ3v) is 5.35. The Kier molecular flexibility index (Phi) is 9.73. The molecule has 0 amide bonds. The lowest BCUT2D eigenvalue weighted by atomic mass is 9.74. The number of aliphatic imine (C=N–C) groups is 1. The van der Waals surface area contributed by atoms with E-state index in [-0.39, 0.29) is 29.4 Å². The number of rotatable bonds is 7. The van der Waals surface area contributed by atoms with Crippen molar-refractivity contribution in [2.75, 3.05) is 33.4 Å². The van der Waals surface area contributed by atoms with Gasteiger partial charge in [0.15, 0.2) is 5.96 Å². The molecule has 0 aliphatic carbocycles. The van der Waals surface area contributed by atoms with Gasteiger partial charge in [0.2, 0.25) is 0 Å². The number of hydrogen-bond acceptors (Lipinski definition) is 3. The van der Waals surface area contributed by atoms with Gasteiger partial charge in [0.25, 0.3) is 0 Å². The van der Waals surface area contributed by atoms with Crippen molar-refractivity contribution in [2.24, 2.45) is 4.99 Å². The average molecular weight is 509 g/mol. The molecule has 158 valence electrons. The smallest absolute Gasteiger partial charge is 0.191 e. The van der Waals surface area contributed by atoms with E-state index < -0.39 is 0 Å². The minimum atomic E-state index is 0. The van der Waals surface area contributed by atoms with Gasteiger partial charge in [-0.3, -0.25) is 4.99 Å². The van der Waals surface area contributed by atoms with E-state index in [0.29, 0.717) is 6.61 Å². The van der Waals surface area contributed by atoms with Gasteiger partial charge in [-0.15, -0.1) is 24.0 Å². The average Bonchev–Trinajstić information content (AvgIpc) is 2.76. The molecule has 0 atom stereocenters. The molecule has 1 fully saturated rings. The number of hydrogen-bond donors (Lipinski definition) is 2. The molecule has 6 heteroatoms. The molecule has 0 radical (unpaired) electrons. The maximum absolute atomic E-state index is 5.65. The third-order valence-electron chi connectivity index (χ3n) is 5.35. The van der Waals surface area contributed by atoms with Crippen LogP contribution in [0.1, 0.15) is 30.9 Å². The quantitative estimate of drug-likeness (QED) is 0.335. The molecule has 1 aliphatic heterocycles. The Hall–Kier alpha value is -1.80. The first-order valence-electron chi connectivity index (χ1n) is 10.1. The van der Waals surface area contributed by atoms with Gasteiger partial charge < -0.3 is 20.1 Å². The summed E-state index contributed by atoms with van der Waals surface area (Å²) in [4.78, 5) is 4.39. The number of nitrogens with zero attached hydrogens (tertiary/aromatic N) is 1. The fraction of sp³-hybridized carbons (Fsp3) is 0.435. The first kappa shape index (κ1) is 23.5. The molecule has 1 heterocycles.